The van der Waals surface area contributed by atoms with Gasteiger partial charge in [-0.3, -0.25) is 4.79 Å². The van der Waals surface area contributed by atoms with Gasteiger partial charge in [-0.25, -0.2) is 0 Å². The number of ether oxygens (including phenoxy) is 1. The Morgan fingerprint density at radius 1 is 1.45 bits per heavy atom. The van der Waals surface area contributed by atoms with Crippen molar-refractivity contribution < 1.29 is 27.8 Å². The van der Waals surface area contributed by atoms with E-state index in [-0.39, 0.29) is 11.7 Å². The van der Waals surface area contributed by atoms with Crippen molar-refractivity contribution >= 4 is 22.6 Å². The van der Waals surface area contributed by atoms with E-state index < -0.39 is 23.4 Å². The molecule has 2 heterocycles. The zero-order valence-electron chi connectivity index (χ0n) is 10.2. The van der Waals surface area contributed by atoms with Gasteiger partial charge in [-0.2, -0.15) is 22.5 Å². The topological polar surface area (TPSA) is 84.3 Å². The standard InChI is InChI=1S/C10H12F3N3O3S/c11-10(12,13)6-15-8(20-16-6)14-5-9(7(17)18)1-3-19-4-2-9/h1-5H2,(H,17,18)(H,14,15,16). The average Bonchev–Trinajstić information content (AvgIpc) is 2.86. The lowest BCUT2D eigenvalue weighted by Crippen LogP contribution is -2.42. The average molecular weight is 311 g/mol. The molecule has 10 heteroatoms. The summed E-state index contributed by atoms with van der Waals surface area (Å²) in [4.78, 5) is 14.7. The molecule has 1 fully saturated rings. The molecule has 1 aromatic rings. The van der Waals surface area contributed by atoms with E-state index >= 15 is 0 Å². The Morgan fingerprint density at radius 2 is 2.10 bits per heavy atom. The van der Waals surface area contributed by atoms with Gasteiger partial charge in [0.05, 0.1) is 5.41 Å². The monoisotopic (exact) mass is 311 g/mol. The van der Waals surface area contributed by atoms with Crippen molar-refractivity contribution in [2.45, 2.75) is 19.0 Å². The second kappa shape index (κ2) is 5.52. The molecule has 0 aromatic carbocycles. The number of hydrogen-bond acceptors (Lipinski definition) is 6. The summed E-state index contributed by atoms with van der Waals surface area (Å²) in [6.45, 7) is 0.633. The first-order valence-electron chi connectivity index (χ1n) is 5.79. The highest BCUT2D eigenvalue weighted by Crippen LogP contribution is 2.33. The molecule has 20 heavy (non-hydrogen) atoms. The number of aliphatic carboxylic acids is 1. The molecule has 0 atom stereocenters. The fourth-order valence-electron chi connectivity index (χ4n) is 1.88. The van der Waals surface area contributed by atoms with Gasteiger partial charge in [-0.1, -0.05) is 0 Å². The quantitative estimate of drug-likeness (QED) is 0.883. The maximum atomic E-state index is 12.3. The van der Waals surface area contributed by atoms with E-state index in [9.17, 15) is 23.1 Å². The fraction of sp³-hybridized carbons (Fsp3) is 0.700. The molecule has 0 radical (unpaired) electrons. The van der Waals surface area contributed by atoms with Crippen LogP contribution in [0.1, 0.15) is 18.7 Å². The Hall–Kier alpha value is -1.42. The summed E-state index contributed by atoms with van der Waals surface area (Å²) in [5.74, 6) is -2.21. The first-order chi connectivity index (χ1) is 9.33. The molecule has 112 valence electrons. The maximum absolute atomic E-state index is 12.3. The molecule has 0 aliphatic carbocycles. The van der Waals surface area contributed by atoms with Crippen molar-refractivity contribution in [3.05, 3.63) is 5.82 Å². The van der Waals surface area contributed by atoms with Crippen molar-refractivity contribution in [3.8, 4) is 0 Å². The van der Waals surface area contributed by atoms with Gasteiger partial charge in [-0.15, -0.1) is 0 Å². The lowest BCUT2D eigenvalue weighted by molar-refractivity contribution is -0.153. The Labute approximate surface area is 116 Å². The molecule has 1 aliphatic heterocycles. The minimum Gasteiger partial charge on any atom is -0.481 e. The molecule has 6 nitrogen and oxygen atoms in total. The molecule has 0 saturated carbocycles. The predicted octanol–water partition coefficient (Wildman–Crippen LogP) is 1.85. The molecule has 0 amide bonds. The molecule has 1 saturated heterocycles. The van der Waals surface area contributed by atoms with Crippen LogP contribution < -0.4 is 5.32 Å². The van der Waals surface area contributed by atoms with Crippen molar-refractivity contribution in [3.63, 3.8) is 0 Å². The number of carbonyl (C=O) groups is 1. The number of halogens is 3. The maximum Gasteiger partial charge on any atom is 0.452 e. The number of carboxylic acids is 1. The lowest BCUT2D eigenvalue weighted by Gasteiger charge is -2.32. The van der Waals surface area contributed by atoms with Crippen LogP contribution in [0, 0.1) is 5.41 Å². The molecular formula is C10H12F3N3O3S. The third kappa shape index (κ3) is 3.18. The molecule has 1 aromatic heterocycles. The van der Waals surface area contributed by atoms with Crippen LogP contribution in [0.15, 0.2) is 0 Å². The van der Waals surface area contributed by atoms with Gasteiger partial charge in [0, 0.05) is 31.3 Å². The number of alkyl halides is 3. The molecule has 0 spiro atoms. The fourth-order valence-corrected chi connectivity index (χ4v) is 2.46. The van der Waals surface area contributed by atoms with Crippen LogP contribution >= 0.6 is 11.5 Å². The van der Waals surface area contributed by atoms with Gasteiger partial charge in [-0.05, 0) is 12.8 Å². The van der Waals surface area contributed by atoms with E-state index in [2.05, 4.69) is 14.7 Å². The van der Waals surface area contributed by atoms with Crippen LogP contribution in [0.5, 0.6) is 0 Å². The van der Waals surface area contributed by atoms with Crippen LogP contribution in [-0.2, 0) is 15.7 Å². The number of hydrogen-bond donors (Lipinski definition) is 2. The highest BCUT2D eigenvalue weighted by atomic mass is 32.1. The largest absolute Gasteiger partial charge is 0.481 e. The van der Waals surface area contributed by atoms with E-state index in [1.165, 1.54) is 0 Å². The van der Waals surface area contributed by atoms with Crippen LogP contribution in [-0.4, -0.2) is 40.2 Å². The van der Waals surface area contributed by atoms with Gasteiger partial charge < -0.3 is 15.2 Å². The minimum atomic E-state index is -4.60. The highest BCUT2D eigenvalue weighted by Gasteiger charge is 2.41. The third-order valence-corrected chi connectivity index (χ3v) is 3.83. The molecule has 0 bridgehead atoms. The Kier molecular flexibility index (Phi) is 4.14. The van der Waals surface area contributed by atoms with E-state index in [1.54, 1.807) is 0 Å². The second-order valence-electron chi connectivity index (χ2n) is 4.47. The zero-order chi connectivity index (χ0) is 14.8. The Morgan fingerprint density at radius 3 is 2.60 bits per heavy atom. The second-order valence-corrected chi connectivity index (χ2v) is 5.22. The summed E-state index contributed by atoms with van der Waals surface area (Å²) in [6.07, 6.45) is -3.99. The lowest BCUT2D eigenvalue weighted by atomic mass is 9.80. The first-order valence-corrected chi connectivity index (χ1v) is 6.57. The number of rotatable bonds is 4. The number of carboxylic acid groups (broad SMARTS) is 1. The third-order valence-electron chi connectivity index (χ3n) is 3.16. The molecular weight excluding hydrogens is 299 g/mol. The predicted molar refractivity (Wildman–Crippen MR) is 63.5 cm³/mol. The Balaban J connectivity index is 2.03. The van der Waals surface area contributed by atoms with Crippen molar-refractivity contribution in [1.82, 2.24) is 9.36 Å². The zero-order valence-corrected chi connectivity index (χ0v) is 11.1. The molecule has 2 rings (SSSR count). The number of anilines is 1. The van der Waals surface area contributed by atoms with Crippen LogP contribution in [0.25, 0.3) is 0 Å². The first kappa shape index (κ1) is 15.0. The summed E-state index contributed by atoms with van der Waals surface area (Å²) in [5, 5.41) is 11.9. The normalized spacial score (nSPS) is 18.8. The van der Waals surface area contributed by atoms with Gasteiger partial charge in [0.25, 0.3) is 0 Å². The smallest absolute Gasteiger partial charge is 0.452 e. The Bertz CT molecular complexity index is 486. The van der Waals surface area contributed by atoms with Crippen molar-refractivity contribution in [2.24, 2.45) is 5.41 Å². The summed E-state index contributed by atoms with van der Waals surface area (Å²) < 4.78 is 45.3. The van der Waals surface area contributed by atoms with Crippen LogP contribution in [0.2, 0.25) is 0 Å². The number of nitrogens with one attached hydrogen (secondary N) is 1. The summed E-state index contributed by atoms with van der Waals surface area (Å²) in [5.41, 5.74) is -1.04. The van der Waals surface area contributed by atoms with E-state index in [0.29, 0.717) is 37.6 Å². The summed E-state index contributed by atoms with van der Waals surface area (Å²) in [6, 6.07) is 0. The van der Waals surface area contributed by atoms with E-state index in [0.717, 1.165) is 0 Å². The van der Waals surface area contributed by atoms with Crippen molar-refractivity contribution in [2.75, 3.05) is 25.1 Å². The van der Waals surface area contributed by atoms with E-state index in [1.807, 2.05) is 0 Å². The SMILES string of the molecule is O=C(O)C1(CNc2nc(C(F)(F)F)ns2)CCOCC1. The van der Waals surface area contributed by atoms with Gasteiger partial charge >= 0.3 is 12.1 Å². The van der Waals surface area contributed by atoms with Gasteiger partial charge in [0.1, 0.15) is 0 Å². The minimum absolute atomic E-state index is 0.00180. The summed E-state index contributed by atoms with van der Waals surface area (Å²) >= 11 is 0.559. The van der Waals surface area contributed by atoms with Crippen LogP contribution in [0.4, 0.5) is 18.3 Å². The molecule has 2 N–H and O–H groups in total. The number of nitrogens with zero attached hydrogens (tertiary/aromatic N) is 2. The highest BCUT2D eigenvalue weighted by molar-refractivity contribution is 7.09. The number of aromatic nitrogens is 2. The van der Waals surface area contributed by atoms with Gasteiger partial charge in [0.2, 0.25) is 11.0 Å². The van der Waals surface area contributed by atoms with Gasteiger partial charge in [0.15, 0.2) is 0 Å². The molecule has 0 unspecified atom stereocenters. The van der Waals surface area contributed by atoms with Crippen LogP contribution in [0.3, 0.4) is 0 Å². The van der Waals surface area contributed by atoms with E-state index in [4.69, 9.17) is 4.74 Å². The molecule has 1 aliphatic rings. The van der Waals surface area contributed by atoms with Crippen molar-refractivity contribution in [1.29, 1.82) is 0 Å². The summed E-state index contributed by atoms with van der Waals surface area (Å²) in [7, 11) is 0.